The molecular formula is C15H12BrClF2O. The van der Waals surface area contributed by atoms with Gasteiger partial charge in [0.25, 0.3) is 0 Å². The van der Waals surface area contributed by atoms with Gasteiger partial charge in [-0.05, 0) is 36.2 Å². The largest absolute Gasteiger partial charge is 0.495 e. The van der Waals surface area contributed by atoms with Crippen LogP contribution in [0.15, 0.2) is 30.3 Å². The number of halogens is 4. The fourth-order valence-electron chi connectivity index (χ4n) is 1.92. The van der Waals surface area contributed by atoms with Crippen molar-refractivity contribution in [1.82, 2.24) is 0 Å². The van der Waals surface area contributed by atoms with Crippen molar-refractivity contribution < 1.29 is 13.5 Å². The smallest absolute Gasteiger partial charge is 0.137 e. The van der Waals surface area contributed by atoms with Gasteiger partial charge in [-0.15, -0.1) is 0 Å². The summed E-state index contributed by atoms with van der Waals surface area (Å²) in [4.78, 5) is -0.620. The number of methoxy groups -OCH3 is 1. The van der Waals surface area contributed by atoms with E-state index in [1.54, 1.807) is 25.1 Å². The number of hydrogen-bond donors (Lipinski definition) is 0. The highest BCUT2D eigenvalue weighted by Crippen LogP contribution is 2.37. The molecule has 0 saturated carbocycles. The van der Waals surface area contributed by atoms with Gasteiger partial charge in [-0.3, -0.25) is 0 Å². The van der Waals surface area contributed by atoms with Gasteiger partial charge in [0.05, 0.1) is 17.0 Å². The van der Waals surface area contributed by atoms with Gasteiger partial charge in [0.1, 0.15) is 17.4 Å². The molecule has 0 radical (unpaired) electrons. The number of benzene rings is 2. The van der Waals surface area contributed by atoms with Crippen LogP contribution in [0.25, 0.3) is 0 Å². The van der Waals surface area contributed by atoms with E-state index in [2.05, 4.69) is 15.9 Å². The molecule has 0 amide bonds. The summed E-state index contributed by atoms with van der Waals surface area (Å²) in [6.07, 6.45) is 0. The molecule has 0 aliphatic carbocycles. The second-order valence-corrected chi connectivity index (χ2v) is 5.67. The van der Waals surface area contributed by atoms with Gasteiger partial charge < -0.3 is 4.74 Å². The Morgan fingerprint density at radius 2 is 1.90 bits per heavy atom. The van der Waals surface area contributed by atoms with Crippen LogP contribution in [0.5, 0.6) is 5.75 Å². The second-order valence-electron chi connectivity index (χ2n) is 4.35. The summed E-state index contributed by atoms with van der Waals surface area (Å²) >= 11 is 9.37. The third kappa shape index (κ3) is 2.81. The maximum Gasteiger partial charge on any atom is 0.137 e. The minimum absolute atomic E-state index is 0.0220. The standard InChI is InChI=1S/C15H12BrClF2O/c1-8-3-5-11(18)13(15(8)19)14(16)9-4-6-12(20-2)10(17)7-9/h3-7,14H,1-2H3. The molecule has 1 unspecified atom stereocenters. The van der Waals surface area contributed by atoms with Crippen LogP contribution in [0.4, 0.5) is 8.78 Å². The van der Waals surface area contributed by atoms with Gasteiger partial charge >= 0.3 is 0 Å². The van der Waals surface area contributed by atoms with E-state index < -0.39 is 16.5 Å². The SMILES string of the molecule is COc1ccc(C(Br)c2c(F)ccc(C)c2F)cc1Cl. The molecule has 0 fully saturated rings. The first-order chi connectivity index (χ1) is 9.45. The first kappa shape index (κ1) is 15.3. The van der Waals surface area contributed by atoms with E-state index in [4.69, 9.17) is 16.3 Å². The minimum atomic E-state index is -0.620. The fraction of sp³-hybridized carbons (Fsp3) is 0.200. The Morgan fingerprint density at radius 1 is 1.20 bits per heavy atom. The molecule has 5 heteroatoms. The maximum atomic E-state index is 14.1. The minimum Gasteiger partial charge on any atom is -0.495 e. The van der Waals surface area contributed by atoms with Crippen molar-refractivity contribution >= 4 is 27.5 Å². The van der Waals surface area contributed by atoms with Gasteiger partial charge in [0.15, 0.2) is 0 Å². The fourth-order valence-corrected chi connectivity index (χ4v) is 2.89. The van der Waals surface area contributed by atoms with E-state index in [-0.39, 0.29) is 5.56 Å². The molecule has 2 aromatic carbocycles. The summed E-state index contributed by atoms with van der Waals surface area (Å²) in [5.74, 6) is -0.638. The van der Waals surface area contributed by atoms with E-state index >= 15 is 0 Å². The Bertz CT molecular complexity index is 646. The average Bonchev–Trinajstić information content (AvgIpc) is 2.43. The van der Waals surface area contributed by atoms with Crippen LogP contribution in [-0.2, 0) is 0 Å². The van der Waals surface area contributed by atoms with Crippen molar-refractivity contribution in [3.8, 4) is 5.75 Å². The second kappa shape index (κ2) is 6.10. The Labute approximate surface area is 129 Å². The Hall–Kier alpha value is -1.13. The molecule has 0 N–H and O–H groups in total. The molecule has 0 aliphatic heterocycles. The predicted molar refractivity (Wildman–Crippen MR) is 79.9 cm³/mol. The van der Waals surface area contributed by atoms with E-state index in [0.29, 0.717) is 21.9 Å². The van der Waals surface area contributed by atoms with E-state index in [9.17, 15) is 8.78 Å². The number of alkyl halides is 1. The van der Waals surface area contributed by atoms with Crippen LogP contribution in [0, 0.1) is 18.6 Å². The number of hydrogen-bond acceptors (Lipinski definition) is 1. The van der Waals surface area contributed by atoms with E-state index in [0.717, 1.165) is 0 Å². The van der Waals surface area contributed by atoms with Gasteiger partial charge in [-0.1, -0.05) is 39.7 Å². The molecule has 0 bridgehead atoms. The molecule has 20 heavy (non-hydrogen) atoms. The number of ether oxygens (including phenoxy) is 1. The summed E-state index contributed by atoms with van der Waals surface area (Å²) in [7, 11) is 1.51. The summed E-state index contributed by atoms with van der Waals surface area (Å²) in [5.41, 5.74) is 1.02. The molecule has 2 rings (SSSR count). The first-order valence-corrected chi connectivity index (χ1v) is 7.17. The van der Waals surface area contributed by atoms with Crippen LogP contribution in [-0.4, -0.2) is 7.11 Å². The van der Waals surface area contributed by atoms with E-state index in [1.807, 2.05) is 0 Å². The van der Waals surface area contributed by atoms with Crippen LogP contribution in [0.1, 0.15) is 21.5 Å². The third-order valence-corrected chi connectivity index (χ3v) is 4.32. The summed E-state index contributed by atoms with van der Waals surface area (Å²) < 4.78 is 33.1. The molecule has 0 aromatic heterocycles. The highest BCUT2D eigenvalue weighted by molar-refractivity contribution is 9.09. The van der Waals surface area contributed by atoms with Crippen LogP contribution < -0.4 is 4.74 Å². The van der Waals surface area contributed by atoms with Gasteiger partial charge in [0, 0.05) is 5.56 Å². The molecule has 106 valence electrons. The molecule has 2 aromatic rings. The van der Waals surface area contributed by atoms with Gasteiger partial charge in [-0.2, -0.15) is 0 Å². The highest BCUT2D eigenvalue weighted by Gasteiger charge is 2.21. The summed E-state index contributed by atoms with van der Waals surface area (Å²) in [6.45, 7) is 1.60. The molecule has 0 aliphatic rings. The Kier molecular flexibility index (Phi) is 4.66. The van der Waals surface area contributed by atoms with Crippen molar-refractivity contribution in [2.24, 2.45) is 0 Å². The lowest BCUT2D eigenvalue weighted by Crippen LogP contribution is -2.02. The number of rotatable bonds is 3. The monoisotopic (exact) mass is 360 g/mol. The normalized spacial score (nSPS) is 12.3. The van der Waals surface area contributed by atoms with Crippen LogP contribution >= 0.6 is 27.5 Å². The van der Waals surface area contributed by atoms with Crippen molar-refractivity contribution in [3.63, 3.8) is 0 Å². The van der Waals surface area contributed by atoms with Gasteiger partial charge in [-0.25, -0.2) is 8.78 Å². The lowest BCUT2D eigenvalue weighted by molar-refractivity contribution is 0.415. The zero-order valence-electron chi connectivity index (χ0n) is 10.9. The quantitative estimate of drug-likeness (QED) is 0.663. The molecule has 0 saturated heterocycles. The number of aryl methyl sites for hydroxylation is 1. The lowest BCUT2D eigenvalue weighted by Gasteiger charge is -2.15. The Balaban J connectivity index is 2.49. The zero-order chi connectivity index (χ0) is 14.9. The van der Waals surface area contributed by atoms with Crippen LogP contribution in [0.2, 0.25) is 5.02 Å². The lowest BCUT2D eigenvalue weighted by atomic mass is 10.0. The molecule has 1 atom stereocenters. The maximum absolute atomic E-state index is 14.1. The van der Waals surface area contributed by atoms with Crippen molar-refractivity contribution in [2.75, 3.05) is 7.11 Å². The zero-order valence-corrected chi connectivity index (χ0v) is 13.2. The van der Waals surface area contributed by atoms with Crippen molar-refractivity contribution in [2.45, 2.75) is 11.8 Å². The van der Waals surface area contributed by atoms with Crippen LogP contribution in [0.3, 0.4) is 0 Å². The summed E-state index contributed by atoms with van der Waals surface area (Å²) in [6, 6.07) is 7.67. The highest BCUT2D eigenvalue weighted by atomic mass is 79.9. The first-order valence-electron chi connectivity index (χ1n) is 5.87. The van der Waals surface area contributed by atoms with Crippen molar-refractivity contribution in [3.05, 3.63) is 63.7 Å². The predicted octanol–water partition coefficient (Wildman–Crippen LogP) is 5.42. The average molecular weight is 362 g/mol. The Morgan fingerprint density at radius 3 is 2.50 bits per heavy atom. The molecule has 0 spiro atoms. The topological polar surface area (TPSA) is 9.23 Å². The molecule has 1 nitrogen and oxygen atoms in total. The molecular weight excluding hydrogens is 350 g/mol. The van der Waals surface area contributed by atoms with Gasteiger partial charge in [0.2, 0.25) is 0 Å². The van der Waals surface area contributed by atoms with Crippen molar-refractivity contribution in [1.29, 1.82) is 0 Å². The third-order valence-electron chi connectivity index (χ3n) is 3.04. The summed E-state index contributed by atoms with van der Waals surface area (Å²) in [5, 5.41) is 0.392. The molecule has 0 heterocycles. The van der Waals surface area contributed by atoms with E-state index in [1.165, 1.54) is 19.2 Å².